The van der Waals surface area contributed by atoms with Crippen LogP contribution >= 0.6 is 23.1 Å². The Balaban J connectivity index is 1.53. The van der Waals surface area contributed by atoms with Crippen molar-refractivity contribution in [2.24, 2.45) is 0 Å². The number of anilines is 2. The summed E-state index contributed by atoms with van der Waals surface area (Å²) < 4.78 is 12.7. The van der Waals surface area contributed by atoms with Crippen molar-refractivity contribution in [3.63, 3.8) is 0 Å². The van der Waals surface area contributed by atoms with Crippen LogP contribution in [-0.4, -0.2) is 39.8 Å². The Morgan fingerprint density at radius 3 is 2.56 bits per heavy atom. The topological polar surface area (TPSA) is 86.5 Å². The van der Waals surface area contributed by atoms with Crippen molar-refractivity contribution in [3.8, 4) is 11.4 Å². The molecule has 0 fully saturated rings. The van der Waals surface area contributed by atoms with Crippen LogP contribution in [0.3, 0.4) is 0 Å². The fourth-order valence-corrected chi connectivity index (χ4v) is 4.76. The Labute approximate surface area is 205 Å². The Morgan fingerprint density at radius 2 is 1.85 bits per heavy atom. The molecule has 0 spiro atoms. The zero-order valence-electron chi connectivity index (χ0n) is 18.8. The average Bonchev–Trinajstić information content (AvgIpc) is 3.50. The first-order valence-electron chi connectivity index (χ1n) is 10.3. The number of thiazole rings is 1. The van der Waals surface area contributed by atoms with Crippen molar-refractivity contribution in [2.75, 3.05) is 18.3 Å². The summed E-state index contributed by atoms with van der Waals surface area (Å²) in [6.45, 7) is 1.42. The van der Waals surface area contributed by atoms with Crippen LogP contribution in [0.1, 0.15) is 23.1 Å². The van der Waals surface area contributed by atoms with Gasteiger partial charge in [-0.15, -0.1) is 11.3 Å². The van der Waals surface area contributed by atoms with Gasteiger partial charge >= 0.3 is 5.97 Å². The van der Waals surface area contributed by atoms with Crippen LogP contribution in [0, 0.1) is 0 Å². The fourth-order valence-electron chi connectivity index (χ4n) is 3.35. The first-order chi connectivity index (χ1) is 16.5. The molecule has 174 valence electrons. The standard InChI is InChI=1S/C24H22N4O4S2/c1-16(29)27(19-11-7-8-12-21(19)31-2)24-26-17(15-34-24)14-32-22(30)20-13-25-23(33-3)28(20)18-9-5-4-6-10-18/h4-13,15H,14H2,1-3H3. The van der Waals surface area contributed by atoms with E-state index in [-0.39, 0.29) is 12.5 Å². The molecule has 10 heteroatoms. The van der Waals surface area contributed by atoms with E-state index in [1.54, 1.807) is 29.2 Å². The maximum Gasteiger partial charge on any atom is 0.357 e. The minimum Gasteiger partial charge on any atom is -0.495 e. The quantitative estimate of drug-likeness (QED) is 0.249. The summed E-state index contributed by atoms with van der Waals surface area (Å²) >= 11 is 2.72. The SMILES string of the molecule is COc1ccccc1N(C(C)=O)c1nc(COC(=O)c2cnc(SC)n2-c2ccccc2)cs1. The van der Waals surface area contributed by atoms with Crippen LogP contribution in [0.15, 0.2) is 71.3 Å². The largest absolute Gasteiger partial charge is 0.495 e. The zero-order valence-corrected chi connectivity index (χ0v) is 20.4. The highest BCUT2D eigenvalue weighted by Crippen LogP contribution is 2.35. The highest BCUT2D eigenvalue weighted by atomic mass is 32.2. The number of aromatic nitrogens is 3. The first-order valence-corrected chi connectivity index (χ1v) is 12.4. The van der Waals surface area contributed by atoms with Gasteiger partial charge in [-0.25, -0.2) is 14.8 Å². The molecule has 0 saturated heterocycles. The minimum absolute atomic E-state index is 0.0401. The number of amides is 1. The number of nitrogens with zero attached hydrogens (tertiary/aromatic N) is 4. The van der Waals surface area contributed by atoms with Gasteiger partial charge < -0.3 is 9.47 Å². The molecule has 0 aliphatic rings. The normalized spacial score (nSPS) is 10.7. The van der Waals surface area contributed by atoms with Gasteiger partial charge in [0.25, 0.3) is 0 Å². The third-order valence-corrected chi connectivity index (χ3v) is 6.39. The van der Waals surface area contributed by atoms with E-state index in [0.29, 0.717) is 33.1 Å². The predicted molar refractivity (Wildman–Crippen MR) is 132 cm³/mol. The second-order valence-corrected chi connectivity index (χ2v) is 8.63. The van der Waals surface area contributed by atoms with Crippen molar-refractivity contribution >= 4 is 45.8 Å². The lowest BCUT2D eigenvalue weighted by atomic mass is 10.2. The van der Waals surface area contributed by atoms with Crippen molar-refractivity contribution in [2.45, 2.75) is 18.7 Å². The lowest BCUT2D eigenvalue weighted by molar-refractivity contribution is -0.115. The molecule has 2 aromatic carbocycles. The number of methoxy groups -OCH3 is 1. The molecule has 0 saturated carbocycles. The molecule has 4 rings (SSSR count). The number of para-hydroxylation sites is 3. The monoisotopic (exact) mass is 494 g/mol. The van der Waals surface area contributed by atoms with Crippen molar-refractivity contribution in [3.05, 3.63) is 77.6 Å². The molecule has 4 aromatic rings. The number of benzene rings is 2. The van der Waals surface area contributed by atoms with Crippen LogP contribution in [0.2, 0.25) is 0 Å². The lowest BCUT2D eigenvalue weighted by Gasteiger charge is -2.20. The number of thioether (sulfide) groups is 1. The van der Waals surface area contributed by atoms with E-state index in [1.165, 1.54) is 41.1 Å². The van der Waals surface area contributed by atoms with Crippen molar-refractivity contribution in [1.29, 1.82) is 0 Å². The maximum absolute atomic E-state index is 12.9. The number of imidazole rings is 1. The molecule has 2 aromatic heterocycles. The molecular weight excluding hydrogens is 472 g/mol. The van der Waals surface area contributed by atoms with E-state index in [2.05, 4.69) is 9.97 Å². The van der Waals surface area contributed by atoms with Crippen LogP contribution in [-0.2, 0) is 16.1 Å². The number of hydrogen-bond acceptors (Lipinski definition) is 8. The van der Waals surface area contributed by atoms with E-state index >= 15 is 0 Å². The van der Waals surface area contributed by atoms with Gasteiger partial charge in [0.15, 0.2) is 16.0 Å². The molecule has 34 heavy (non-hydrogen) atoms. The highest BCUT2D eigenvalue weighted by molar-refractivity contribution is 7.98. The molecule has 8 nitrogen and oxygen atoms in total. The molecule has 2 heterocycles. The van der Waals surface area contributed by atoms with E-state index < -0.39 is 5.97 Å². The minimum atomic E-state index is -0.514. The number of hydrogen-bond donors (Lipinski definition) is 0. The van der Waals surface area contributed by atoms with Crippen LogP contribution in [0.5, 0.6) is 5.75 Å². The smallest absolute Gasteiger partial charge is 0.357 e. The van der Waals surface area contributed by atoms with Crippen LogP contribution < -0.4 is 9.64 Å². The third kappa shape index (κ3) is 4.82. The van der Waals surface area contributed by atoms with Gasteiger partial charge in [0.2, 0.25) is 5.91 Å². The molecule has 0 aliphatic carbocycles. The molecular formula is C24H22N4O4S2. The second-order valence-electron chi connectivity index (χ2n) is 7.02. The second kappa shape index (κ2) is 10.5. The number of ether oxygens (including phenoxy) is 2. The summed E-state index contributed by atoms with van der Waals surface area (Å²) in [5.74, 6) is -0.169. The summed E-state index contributed by atoms with van der Waals surface area (Å²) in [6, 6.07) is 16.7. The van der Waals surface area contributed by atoms with Gasteiger partial charge in [-0.2, -0.15) is 0 Å². The van der Waals surface area contributed by atoms with E-state index in [0.717, 1.165) is 5.69 Å². The Morgan fingerprint density at radius 1 is 1.12 bits per heavy atom. The van der Waals surface area contributed by atoms with E-state index in [4.69, 9.17) is 9.47 Å². The number of carbonyl (C=O) groups is 2. The maximum atomic E-state index is 12.9. The first kappa shape index (κ1) is 23.5. The molecule has 1 amide bonds. The van der Waals surface area contributed by atoms with Gasteiger partial charge in [-0.05, 0) is 30.5 Å². The highest BCUT2D eigenvalue weighted by Gasteiger charge is 2.23. The Bertz CT molecular complexity index is 1300. The molecule has 0 bridgehead atoms. The molecule has 0 radical (unpaired) electrons. The third-order valence-electron chi connectivity index (χ3n) is 4.86. The van der Waals surface area contributed by atoms with E-state index in [9.17, 15) is 9.59 Å². The zero-order chi connectivity index (χ0) is 24.1. The van der Waals surface area contributed by atoms with Gasteiger partial charge in [0.1, 0.15) is 12.4 Å². The average molecular weight is 495 g/mol. The van der Waals surface area contributed by atoms with E-state index in [1.807, 2.05) is 48.7 Å². The summed E-state index contributed by atoms with van der Waals surface area (Å²) in [4.78, 5) is 35.6. The Kier molecular flexibility index (Phi) is 7.29. The predicted octanol–water partition coefficient (Wildman–Crippen LogP) is 5.10. The number of carbonyl (C=O) groups excluding carboxylic acids is 2. The molecule has 0 unspecified atom stereocenters. The summed E-state index contributed by atoms with van der Waals surface area (Å²) in [5, 5.41) is 2.90. The molecule has 0 N–H and O–H groups in total. The van der Waals surface area contributed by atoms with Gasteiger partial charge in [-0.3, -0.25) is 14.3 Å². The summed E-state index contributed by atoms with van der Waals surface area (Å²) in [6.07, 6.45) is 3.41. The van der Waals surface area contributed by atoms with Crippen molar-refractivity contribution < 1.29 is 19.1 Å². The van der Waals surface area contributed by atoms with Gasteiger partial charge in [0, 0.05) is 18.0 Å². The number of esters is 1. The van der Waals surface area contributed by atoms with Crippen LogP contribution in [0.25, 0.3) is 5.69 Å². The summed E-state index contributed by atoms with van der Waals surface area (Å²) in [5.41, 5.74) is 2.27. The van der Waals surface area contributed by atoms with Gasteiger partial charge in [-0.1, -0.05) is 42.1 Å². The Hall–Kier alpha value is -3.63. The summed E-state index contributed by atoms with van der Waals surface area (Å²) in [7, 11) is 1.55. The molecule has 0 aliphatic heterocycles. The van der Waals surface area contributed by atoms with Crippen LogP contribution in [0.4, 0.5) is 10.8 Å². The molecule has 0 atom stereocenters. The van der Waals surface area contributed by atoms with Crippen molar-refractivity contribution in [1.82, 2.24) is 14.5 Å². The lowest BCUT2D eigenvalue weighted by Crippen LogP contribution is -2.23. The van der Waals surface area contributed by atoms with Gasteiger partial charge in [0.05, 0.1) is 24.7 Å². The fraction of sp³-hybridized carbons (Fsp3) is 0.167. The number of rotatable bonds is 8.